The van der Waals surface area contributed by atoms with Crippen LogP contribution in [0.15, 0.2) is 54.6 Å². The van der Waals surface area contributed by atoms with Crippen LogP contribution in [-0.4, -0.2) is 30.1 Å². The Bertz CT molecular complexity index is 799. The number of carbonyl (C=O) groups is 1. The van der Waals surface area contributed by atoms with Crippen LogP contribution in [0.4, 0.5) is 0 Å². The van der Waals surface area contributed by atoms with E-state index in [1.165, 1.54) is 32.1 Å². The molecule has 0 bridgehead atoms. The smallest absolute Gasteiger partial charge is 0.225 e. The van der Waals surface area contributed by atoms with Gasteiger partial charge in [0.05, 0.1) is 32.3 Å². The fourth-order valence-electron chi connectivity index (χ4n) is 4.94. The number of ether oxygens (including phenoxy) is 2. The Kier molecular flexibility index (Phi) is 7.06. The first-order chi connectivity index (χ1) is 14.7. The molecular formula is C26H33NO3. The molecule has 1 saturated heterocycles. The van der Waals surface area contributed by atoms with Gasteiger partial charge in [-0.15, -0.1) is 0 Å². The number of amides is 1. The van der Waals surface area contributed by atoms with Gasteiger partial charge in [0.2, 0.25) is 5.91 Å². The van der Waals surface area contributed by atoms with Crippen molar-refractivity contribution >= 4 is 5.91 Å². The molecule has 2 fully saturated rings. The van der Waals surface area contributed by atoms with Gasteiger partial charge in [-0.3, -0.25) is 4.79 Å². The Morgan fingerprint density at radius 2 is 1.67 bits per heavy atom. The normalized spacial score (nSPS) is 22.4. The summed E-state index contributed by atoms with van der Waals surface area (Å²) >= 11 is 0. The maximum Gasteiger partial charge on any atom is 0.225 e. The van der Waals surface area contributed by atoms with Crippen LogP contribution < -0.4 is 4.74 Å². The van der Waals surface area contributed by atoms with Crippen LogP contribution >= 0.6 is 0 Å². The minimum atomic E-state index is -0.0297. The molecule has 2 aliphatic rings. The zero-order valence-electron chi connectivity index (χ0n) is 18.0. The Balaban J connectivity index is 1.47. The van der Waals surface area contributed by atoms with E-state index in [0.29, 0.717) is 25.5 Å². The third-order valence-electron chi connectivity index (χ3n) is 6.64. The molecule has 0 N–H and O–H groups in total. The largest absolute Gasteiger partial charge is 0.497 e. The summed E-state index contributed by atoms with van der Waals surface area (Å²) in [6, 6.07) is 18.5. The molecule has 0 aromatic heterocycles. The van der Waals surface area contributed by atoms with Crippen LogP contribution in [0.1, 0.15) is 56.1 Å². The molecular weight excluding hydrogens is 374 g/mol. The molecule has 1 aliphatic heterocycles. The highest BCUT2D eigenvalue weighted by Gasteiger charge is 2.41. The lowest BCUT2D eigenvalue weighted by Crippen LogP contribution is -2.39. The number of hydrogen-bond donors (Lipinski definition) is 0. The van der Waals surface area contributed by atoms with E-state index in [9.17, 15) is 4.79 Å². The van der Waals surface area contributed by atoms with Crippen molar-refractivity contribution in [1.82, 2.24) is 4.90 Å². The summed E-state index contributed by atoms with van der Waals surface area (Å²) in [4.78, 5) is 15.1. The van der Waals surface area contributed by atoms with Gasteiger partial charge in [-0.25, -0.2) is 0 Å². The molecule has 1 aliphatic carbocycles. The lowest BCUT2D eigenvalue weighted by atomic mass is 9.84. The van der Waals surface area contributed by atoms with Gasteiger partial charge in [-0.05, 0) is 35.6 Å². The van der Waals surface area contributed by atoms with Crippen LogP contribution in [0.2, 0.25) is 0 Å². The fraction of sp³-hybridized carbons (Fsp3) is 0.500. The number of methoxy groups -OCH3 is 1. The second kappa shape index (κ2) is 10.1. The first-order valence-corrected chi connectivity index (χ1v) is 11.3. The van der Waals surface area contributed by atoms with Crippen LogP contribution in [-0.2, 0) is 22.7 Å². The van der Waals surface area contributed by atoms with Gasteiger partial charge in [0.25, 0.3) is 0 Å². The SMILES string of the molecule is COc1ccc(CN2C(=O)C[C@H](OCc3ccccc3)[C@H]2CC2CCCCC2)cc1. The molecule has 4 heteroatoms. The Hall–Kier alpha value is -2.33. The van der Waals surface area contributed by atoms with E-state index in [1.807, 2.05) is 30.3 Å². The van der Waals surface area contributed by atoms with Gasteiger partial charge in [0, 0.05) is 6.54 Å². The fourth-order valence-corrected chi connectivity index (χ4v) is 4.94. The van der Waals surface area contributed by atoms with Crippen molar-refractivity contribution in [2.75, 3.05) is 7.11 Å². The highest BCUT2D eigenvalue weighted by atomic mass is 16.5. The van der Waals surface area contributed by atoms with Crippen molar-refractivity contribution in [2.24, 2.45) is 5.92 Å². The Labute approximate surface area is 180 Å². The summed E-state index contributed by atoms with van der Waals surface area (Å²) in [5, 5.41) is 0. The summed E-state index contributed by atoms with van der Waals surface area (Å²) in [5.74, 6) is 1.76. The topological polar surface area (TPSA) is 38.8 Å². The second-order valence-corrected chi connectivity index (χ2v) is 8.72. The minimum Gasteiger partial charge on any atom is -0.497 e. The van der Waals surface area contributed by atoms with Crippen LogP contribution in [0.5, 0.6) is 5.75 Å². The average molecular weight is 408 g/mol. The van der Waals surface area contributed by atoms with Gasteiger partial charge < -0.3 is 14.4 Å². The predicted octanol–water partition coefficient (Wildman–Crippen LogP) is 5.35. The summed E-state index contributed by atoms with van der Waals surface area (Å²) in [7, 11) is 1.67. The highest BCUT2D eigenvalue weighted by Crippen LogP contribution is 2.35. The molecule has 4 nitrogen and oxygen atoms in total. The molecule has 1 heterocycles. The highest BCUT2D eigenvalue weighted by molar-refractivity contribution is 5.79. The number of rotatable bonds is 8. The van der Waals surface area contributed by atoms with E-state index in [1.54, 1.807) is 7.11 Å². The maximum atomic E-state index is 13.0. The van der Waals surface area contributed by atoms with Gasteiger partial charge in [0.1, 0.15) is 5.75 Å². The number of hydrogen-bond acceptors (Lipinski definition) is 3. The number of likely N-dealkylation sites (tertiary alicyclic amines) is 1. The lowest BCUT2D eigenvalue weighted by molar-refractivity contribution is -0.129. The minimum absolute atomic E-state index is 0.0297. The predicted molar refractivity (Wildman–Crippen MR) is 118 cm³/mol. The molecule has 0 radical (unpaired) electrons. The zero-order chi connectivity index (χ0) is 20.8. The van der Waals surface area contributed by atoms with Crippen LogP contribution in [0.3, 0.4) is 0 Å². The Morgan fingerprint density at radius 3 is 2.37 bits per heavy atom. The van der Waals surface area contributed by atoms with Crippen molar-refractivity contribution < 1.29 is 14.3 Å². The van der Waals surface area contributed by atoms with Crippen molar-refractivity contribution in [3.63, 3.8) is 0 Å². The quantitative estimate of drug-likeness (QED) is 0.592. The van der Waals surface area contributed by atoms with Gasteiger partial charge in [-0.1, -0.05) is 74.6 Å². The lowest BCUT2D eigenvalue weighted by Gasteiger charge is -2.33. The third-order valence-corrected chi connectivity index (χ3v) is 6.64. The van der Waals surface area contributed by atoms with E-state index in [4.69, 9.17) is 9.47 Å². The average Bonchev–Trinajstić information content (AvgIpc) is 3.08. The molecule has 1 amide bonds. The van der Waals surface area contributed by atoms with E-state index in [0.717, 1.165) is 23.3 Å². The van der Waals surface area contributed by atoms with Crippen LogP contribution in [0, 0.1) is 5.92 Å². The summed E-state index contributed by atoms with van der Waals surface area (Å²) in [6.45, 7) is 1.21. The molecule has 1 saturated carbocycles. The molecule has 160 valence electrons. The van der Waals surface area contributed by atoms with E-state index in [2.05, 4.69) is 29.2 Å². The summed E-state index contributed by atoms with van der Waals surface area (Å²) < 4.78 is 11.6. The first-order valence-electron chi connectivity index (χ1n) is 11.3. The van der Waals surface area contributed by atoms with Gasteiger partial charge in [-0.2, -0.15) is 0 Å². The van der Waals surface area contributed by atoms with E-state index < -0.39 is 0 Å². The molecule has 0 unspecified atom stereocenters. The molecule has 2 aromatic carbocycles. The van der Waals surface area contributed by atoms with E-state index >= 15 is 0 Å². The third kappa shape index (κ3) is 5.23. The number of carbonyl (C=O) groups excluding carboxylic acids is 1. The van der Waals surface area contributed by atoms with Crippen molar-refractivity contribution in [3.05, 3.63) is 65.7 Å². The van der Waals surface area contributed by atoms with Gasteiger partial charge in [0.15, 0.2) is 0 Å². The molecule has 4 rings (SSSR count). The van der Waals surface area contributed by atoms with Gasteiger partial charge >= 0.3 is 0 Å². The van der Waals surface area contributed by atoms with Crippen molar-refractivity contribution in [1.29, 1.82) is 0 Å². The standard InChI is InChI=1S/C26H33NO3/c1-29-23-14-12-21(13-15-23)18-27-24(16-20-8-4-2-5-9-20)25(17-26(27)28)30-19-22-10-6-3-7-11-22/h3,6-7,10-15,20,24-25H,2,4-5,8-9,16-19H2,1H3/t24-,25+/m1/s1. The summed E-state index contributed by atoms with van der Waals surface area (Å²) in [6.07, 6.45) is 8.07. The molecule has 2 atom stereocenters. The Morgan fingerprint density at radius 1 is 0.933 bits per heavy atom. The summed E-state index contributed by atoms with van der Waals surface area (Å²) in [5.41, 5.74) is 2.30. The van der Waals surface area contributed by atoms with E-state index in [-0.39, 0.29) is 18.1 Å². The second-order valence-electron chi connectivity index (χ2n) is 8.72. The van der Waals surface area contributed by atoms with Crippen LogP contribution in [0.25, 0.3) is 0 Å². The monoisotopic (exact) mass is 407 g/mol. The molecule has 0 spiro atoms. The molecule has 30 heavy (non-hydrogen) atoms. The maximum absolute atomic E-state index is 13.0. The number of benzene rings is 2. The first kappa shape index (κ1) is 20.9. The zero-order valence-corrected chi connectivity index (χ0v) is 18.0. The molecule has 2 aromatic rings. The van der Waals surface area contributed by atoms with Crippen molar-refractivity contribution in [3.8, 4) is 5.75 Å². The number of nitrogens with zero attached hydrogens (tertiary/aromatic N) is 1. The van der Waals surface area contributed by atoms with Crippen molar-refractivity contribution in [2.45, 2.75) is 70.2 Å².